The highest BCUT2D eigenvalue weighted by Gasteiger charge is 2.28. The number of rotatable bonds is 7. The van der Waals surface area contributed by atoms with Crippen molar-refractivity contribution in [3.05, 3.63) is 54.4 Å². The van der Waals surface area contributed by atoms with E-state index in [4.69, 9.17) is 9.47 Å². The average molecular weight is 438 g/mol. The number of nitrogens with one attached hydrogen (secondary N) is 2. The average Bonchev–Trinajstić information content (AvgIpc) is 3.48. The number of likely N-dealkylation sites (tertiary alicyclic amines) is 1. The fraction of sp³-hybridized carbons (Fsp3) is 0.391. The molecule has 1 unspecified atom stereocenters. The van der Waals surface area contributed by atoms with Gasteiger partial charge in [0.1, 0.15) is 11.9 Å². The molecule has 0 radical (unpaired) electrons. The second-order valence-corrected chi connectivity index (χ2v) is 7.97. The molecule has 2 N–H and O–H groups in total. The number of anilines is 2. The van der Waals surface area contributed by atoms with Gasteiger partial charge in [-0.1, -0.05) is 6.58 Å². The van der Waals surface area contributed by atoms with E-state index in [1.165, 1.54) is 6.08 Å². The SMILES string of the molecule is C=CC(=O)Nc1ccc(C(=O)N2CC[C@@H](Nc3ncc(C)cn3)C2)cc1OC1CCOC1. The van der Waals surface area contributed by atoms with Crippen LogP contribution < -0.4 is 15.4 Å². The minimum absolute atomic E-state index is 0.0826. The summed E-state index contributed by atoms with van der Waals surface area (Å²) in [6.07, 6.45) is 6.16. The number of nitrogens with zero attached hydrogens (tertiary/aromatic N) is 3. The Labute approximate surface area is 186 Å². The van der Waals surface area contributed by atoms with E-state index in [1.807, 2.05) is 6.92 Å². The molecule has 2 atom stereocenters. The molecule has 0 saturated carbocycles. The van der Waals surface area contributed by atoms with Crippen LogP contribution in [0.5, 0.6) is 5.75 Å². The molecular weight excluding hydrogens is 410 g/mol. The lowest BCUT2D eigenvalue weighted by Crippen LogP contribution is -2.32. The smallest absolute Gasteiger partial charge is 0.254 e. The normalized spacial score (nSPS) is 20.1. The number of hydrogen-bond donors (Lipinski definition) is 2. The monoisotopic (exact) mass is 437 g/mol. The van der Waals surface area contributed by atoms with Crippen molar-refractivity contribution in [1.82, 2.24) is 14.9 Å². The van der Waals surface area contributed by atoms with Crippen LogP contribution >= 0.6 is 0 Å². The minimum Gasteiger partial charge on any atom is -0.486 e. The maximum atomic E-state index is 13.2. The van der Waals surface area contributed by atoms with Gasteiger partial charge in [-0.3, -0.25) is 9.59 Å². The van der Waals surface area contributed by atoms with Crippen LogP contribution in [-0.4, -0.2) is 65.1 Å². The second-order valence-electron chi connectivity index (χ2n) is 7.97. The first kappa shape index (κ1) is 21.8. The van der Waals surface area contributed by atoms with Crippen molar-refractivity contribution in [2.24, 2.45) is 0 Å². The topological polar surface area (TPSA) is 106 Å². The van der Waals surface area contributed by atoms with E-state index in [9.17, 15) is 9.59 Å². The van der Waals surface area contributed by atoms with Gasteiger partial charge >= 0.3 is 0 Å². The zero-order valence-electron chi connectivity index (χ0n) is 18.0. The summed E-state index contributed by atoms with van der Waals surface area (Å²) in [5.41, 5.74) is 1.99. The highest BCUT2D eigenvalue weighted by Crippen LogP contribution is 2.30. The molecular formula is C23H27N5O4. The first-order valence-corrected chi connectivity index (χ1v) is 10.7. The predicted octanol–water partition coefficient (Wildman–Crippen LogP) is 2.40. The molecule has 2 aliphatic heterocycles. The maximum Gasteiger partial charge on any atom is 0.254 e. The number of carbonyl (C=O) groups excluding carboxylic acids is 2. The third kappa shape index (κ3) is 5.23. The van der Waals surface area contributed by atoms with Crippen molar-refractivity contribution < 1.29 is 19.1 Å². The summed E-state index contributed by atoms with van der Waals surface area (Å²) in [6, 6.07) is 5.15. The van der Waals surface area contributed by atoms with Gasteiger partial charge in [0.15, 0.2) is 0 Å². The van der Waals surface area contributed by atoms with Crippen LogP contribution in [0.4, 0.5) is 11.6 Å². The highest BCUT2D eigenvalue weighted by atomic mass is 16.5. The summed E-state index contributed by atoms with van der Waals surface area (Å²) in [7, 11) is 0. The standard InChI is InChI=1S/C23H27N5O4/c1-3-21(29)27-19-5-4-16(10-20(19)32-18-7-9-31-14-18)22(30)28-8-6-17(13-28)26-23-24-11-15(2)12-25-23/h3-5,10-12,17-18H,1,6-9,13-14H2,2H3,(H,27,29)(H,24,25,26)/t17-,18?/m1/s1. The Morgan fingerprint density at radius 3 is 2.81 bits per heavy atom. The molecule has 2 aromatic rings. The van der Waals surface area contributed by atoms with Crippen molar-refractivity contribution in [3.63, 3.8) is 0 Å². The number of hydrogen-bond acceptors (Lipinski definition) is 7. The molecule has 2 saturated heterocycles. The minimum atomic E-state index is -0.344. The largest absolute Gasteiger partial charge is 0.486 e. The van der Waals surface area contributed by atoms with Gasteiger partial charge in [-0.25, -0.2) is 9.97 Å². The second kappa shape index (κ2) is 9.78. The van der Waals surface area contributed by atoms with Gasteiger partial charge in [0, 0.05) is 43.5 Å². The lowest BCUT2D eigenvalue weighted by atomic mass is 10.1. The molecule has 2 amide bonds. The summed E-state index contributed by atoms with van der Waals surface area (Å²) >= 11 is 0. The Kier molecular flexibility index (Phi) is 6.65. The van der Waals surface area contributed by atoms with Crippen molar-refractivity contribution in [2.75, 3.05) is 36.9 Å². The van der Waals surface area contributed by atoms with Crippen molar-refractivity contribution >= 4 is 23.5 Å². The molecule has 0 aliphatic carbocycles. The molecule has 0 spiro atoms. The molecule has 9 nitrogen and oxygen atoms in total. The summed E-state index contributed by atoms with van der Waals surface area (Å²) in [5, 5.41) is 6.03. The third-order valence-electron chi connectivity index (χ3n) is 5.44. The van der Waals surface area contributed by atoms with Crippen LogP contribution in [0.3, 0.4) is 0 Å². The van der Waals surface area contributed by atoms with Crippen molar-refractivity contribution in [1.29, 1.82) is 0 Å². The van der Waals surface area contributed by atoms with E-state index in [1.54, 1.807) is 35.5 Å². The zero-order chi connectivity index (χ0) is 22.5. The molecule has 4 rings (SSSR count). The summed E-state index contributed by atoms with van der Waals surface area (Å²) in [4.78, 5) is 35.3. The fourth-order valence-corrected chi connectivity index (χ4v) is 3.72. The molecule has 0 bridgehead atoms. The first-order chi connectivity index (χ1) is 15.5. The highest BCUT2D eigenvalue weighted by molar-refractivity contribution is 6.01. The Morgan fingerprint density at radius 1 is 1.28 bits per heavy atom. The number of carbonyl (C=O) groups is 2. The fourth-order valence-electron chi connectivity index (χ4n) is 3.72. The van der Waals surface area contributed by atoms with Gasteiger partial charge in [-0.15, -0.1) is 0 Å². The Morgan fingerprint density at radius 2 is 2.09 bits per heavy atom. The maximum absolute atomic E-state index is 13.2. The van der Waals surface area contributed by atoms with E-state index >= 15 is 0 Å². The summed E-state index contributed by atoms with van der Waals surface area (Å²) < 4.78 is 11.4. The summed E-state index contributed by atoms with van der Waals surface area (Å²) in [6.45, 7) is 7.71. The van der Waals surface area contributed by atoms with Gasteiger partial charge in [0.05, 0.1) is 18.9 Å². The molecule has 168 valence electrons. The Balaban J connectivity index is 1.45. The van der Waals surface area contributed by atoms with Crippen LogP contribution in [0.25, 0.3) is 0 Å². The van der Waals surface area contributed by atoms with Gasteiger partial charge < -0.3 is 25.0 Å². The number of aromatic nitrogens is 2. The van der Waals surface area contributed by atoms with Crippen molar-refractivity contribution in [2.45, 2.75) is 31.9 Å². The van der Waals surface area contributed by atoms with E-state index in [2.05, 4.69) is 27.2 Å². The van der Waals surface area contributed by atoms with E-state index in [-0.39, 0.29) is 24.0 Å². The van der Waals surface area contributed by atoms with E-state index in [0.717, 1.165) is 18.4 Å². The Hall–Kier alpha value is -3.46. The van der Waals surface area contributed by atoms with Crippen LogP contribution in [0.2, 0.25) is 0 Å². The molecule has 3 heterocycles. The lowest BCUT2D eigenvalue weighted by molar-refractivity contribution is -0.111. The molecule has 1 aromatic carbocycles. The Bertz CT molecular complexity index is 988. The van der Waals surface area contributed by atoms with E-state index in [0.29, 0.717) is 49.3 Å². The number of ether oxygens (including phenoxy) is 2. The molecule has 2 fully saturated rings. The quantitative estimate of drug-likeness (QED) is 0.641. The predicted molar refractivity (Wildman–Crippen MR) is 120 cm³/mol. The first-order valence-electron chi connectivity index (χ1n) is 10.7. The number of amides is 2. The van der Waals surface area contributed by atoms with Crippen LogP contribution in [0, 0.1) is 6.92 Å². The molecule has 1 aromatic heterocycles. The molecule has 32 heavy (non-hydrogen) atoms. The van der Waals surface area contributed by atoms with Gasteiger partial charge in [0.2, 0.25) is 11.9 Å². The zero-order valence-corrected chi connectivity index (χ0v) is 18.0. The number of benzene rings is 1. The lowest BCUT2D eigenvalue weighted by Gasteiger charge is -2.20. The number of aryl methyl sites for hydroxylation is 1. The third-order valence-corrected chi connectivity index (χ3v) is 5.44. The molecule has 9 heteroatoms. The van der Waals surface area contributed by atoms with Crippen LogP contribution in [0.15, 0.2) is 43.2 Å². The van der Waals surface area contributed by atoms with Crippen molar-refractivity contribution in [3.8, 4) is 5.75 Å². The van der Waals surface area contributed by atoms with E-state index < -0.39 is 0 Å². The van der Waals surface area contributed by atoms with Gasteiger partial charge in [-0.2, -0.15) is 0 Å². The van der Waals surface area contributed by atoms with Gasteiger partial charge in [0.25, 0.3) is 5.91 Å². The van der Waals surface area contributed by atoms with Crippen LogP contribution in [0.1, 0.15) is 28.8 Å². The van der Waals surface area contributed by atoms with Crippen LogP contribution in [-0.2, 0) is 9.53 Å². The summed E-state index contributed by atoms with van der Waals surface area (Å²) in [5.74, 6) is 0.576. The molecule has 2 aliphatic rings. The van der Waals surface area contributed by atoms with Gasteiger partial charge in [-0.05, 0) is 43.2 Å².